The number of benzene rings is 2. The predicted molar refractivity (Wildman–Crippen MR) is 121 cm³/mol. The summed E-state index contributed by atoms with van der Waals surface area (Å²) >= 11 is 7.97. The SMILES string of the molecule is Cc1nn(Cc2ccc(F)cc2)c(Cl)c1C(=O)NC(C)c1nc(-c2ccccc2)cs1. The molecule has 5 nitrogen and oxygen atoms in total. The van der Waals surface area contributed by atoms with E-state index in [-0.39, 0.29) is 22.9 Å². The van der Waals surface area contributed by atoms with Crippen molar-refractivity contribution in [1.29, 1.82) is 0 Å². The van der Waals surface area contributed by atoms with E-state index in [1.54, 1.807) is 23.7 Å². The average molecular weight is 455 g/mol. The van der Waals surface area contributed by atoms with Crippen molar-refractivity contribution in [2.45, 2.75) is 26.4 Å². The fourth-order valence-corrected chi connectivity index (χ4v) is 4.39. The largest absolute Gasteiger partial charge is 0.343 e. The van der Waals surface area contributed by atoms with Crippen LogP contribution >= 0.6 is 22.9 Å². The van der Waals surface area contributed by atoms with E-state index in [1.807, 2.05) is 42.6 Å². The van der Waals surface area contributed by atoms with Crippen molar-refractivity contribution in [2.75, 3.05) is 0 Å². The molecule has 1 N–H and O–H groups in total. The number of aryl methyl sites for hydroxylation is 1. The van der Waals surface area contributed by atoms with Gasteiger partial charge in [0.05, 0.1) is 29.5 Å². The molecule has 4 aromatic rings. The minimum atomic E-state index is -0.309. The highest BCUT2D eigenvalue weighted by atomic mass is 35.5. The van der Waals surface area contributed by atoms with Gasteiger partial charge in [-0.3, -0.25) is 4.79 Å². The third-order valence-electron chi connectivity index (χ3n) is 4.85. The summed E-state index contributed by atoms with van der Waals surface area (Å²) in [5.41, 5.74) is 3.60. The summed E-state index contributed by atoms with van der Waals surface area (Å²) in [5.74, 6) is -0.616. The Balaban J connectivity index is 1.49. The number of aromatic nitrogens is 3. The number of carbonyl (C=O) groups excluding carboxylic acids is 1. The molecule has 1 atom stereocenters. The standard InChI is InChI=1S/C23H20ClFN4OS/c1-14-20(21(24)29(28-14)12-16-8-10-18(25)11-9-16)22(30)26-15(2)23-27-19(13-31-23)17-6-4-3-5-7-17/h3-11,13,15H,12H2,1-2H3,(H,26,30). The van der Waals surface area contributed by atoms with E-state index in [2.05, 4.69) is 15.4 Å². The van der Waals surface area contributed by atoms with Gasteiger partial charge in [0.1, 0.15) is 16.0 Å². The van der Waals surface area contributed by atoms with Crippen LogP contribution in [0.1, 0.15) is 39.6 Å². The van der Waals surface area contributed by atoms with Crippen molar-refractivity contribution in [3.63, 3.8) is 0 Å². The number of nitrogens with one attached hydrogen (secondary N) is 1. The highest BCUT2D eigenvalue weighted by Gasteiger charge is 2.23. The quantitative estimate of drug-likeness (QED) is 0.409. The van der Waals surface area contributed by atoms with Gasteiger partial charge in [0.15, 0.2) is 0 Å². The number of halogens is 2. The number of amides is 1. The molecule has 0 spiro atoms. The zero-order chi connectivity index (χ0) is 22.0. The van der Waals surface area contributed by atoms with Gasteiger partial charge in [-0.25, -0.2) is 14.1 Å². The number of carbonyl (C=O) groups is 1. The first-order valence-corrected chi connectivity index (χ1v) is 11.0. The molecular formula is C23H20ClFN4OS. The summed E-state index contributed by atoms with van der Waals surface area (Å²) < 4.78 is 14.7. The predicted octanol–water partition coefficient (Wildman–Crippen LogP) is 5.65. The van der Waals surface area contributed by atoms with E-state index in [0.717, 1.165) is 21.8 Å². The van der Waals surface area contributed by atoms with Gasteiger partial charge in [-0.05, 0) is 31.5 Å². The molecule has 2 heterocycles. The second-order valence-corrected chi connectivity index (χ2v) is 8.42. The zero-order valence-corrected chi connectivity index (χ0v) is 18.5. The van der Waals surface area contributed by atoms with Gasteiger partial charge in [-0.15, -0.1) is 11.3 Å². The molecule has 1 amide bonds. The lowest BCUT2D eigenvalue weighted by Crippen LogP contribution is -2.27. The van der Waals surface area contributed by atoms with E-state index in [0.29, 0.717) is 17.8 Å². The number of hydrogen-bond acceptors (Lipinski definition) is 4. The van der Waals surface area contributed by atoms with Gasteiger partial charge in [0.25, 0.3) is 5.91 Å². The van der Waals surface area contributed by atoms with Crippen LogP contribution in [0.3, 0.4) is 0 Å². The molecule has 0 saturated carbocycles. The first-order valence-electron chi connectivity index (χ1n) is 9.71. The molecular weight excluding hydrogens is 435 g/mol. The molecule has 8 heteroatoms. The Hall–Kier alpha value is -3.03. The van der Waals surface area contributed by atoms with Crippen LogP contribution in [0.4, 0.5) is 4.39 Å². The van der Waals surface area contributed by atoms with Gasteiger partial charge in [0, 0.05) is 10.9 Å². The average Bonchev–Trinajstić information content (AvgIpc) is 3.35. The summed E-state index contributed by atoms with van der Waals surface area (Å²) in [4.78, 5) is 17.6. The molecule has 0 bridgehead atoms. The topological polar surface area (TPSA) is 59.8 Å². The Morgan fingerprint density at radius 3 is 2.61 bits per heavy atom. The maximum atomic E-state index is 13.1. The molecule has 2 aromatic heterocycles. The van der Waals surface area contributed by atoms with Crippen molar-refractivity contribution < 1.29 is 9.18 Å². The van der Waals surface area contributed by atoms with Gasteiger partial charge >= 0.3 is 0 Å². The van der Waals surface area contributed by atoms with Crippen LogP contribution in [-0.2, 0) is 6.54 Å². The summed E-state index contributed by atoms with van der Waals surface area (Å²) in [6, 6.07) is 15.7. The molecule has 0 aliphatic heterocycles. The van der Waals surface area contributed by atoms with E-state index in [4.69, 9.17) is 11.6 Å². The first-order chi connectivity index (χ1) is 14.9. The molecule has 4 rings (SSSR count). The van der Waals surface area contributed by atoms with Crippen LogP contribution < -0.4 is 5.32 Å². The summed E-state index contributed by atoms with van der Waals surface area (Å²) in [5, 5.41) is 10.4. The molecule has 0 saturated heterocycles. The summed E-state index contributed by atoms with van der Waals surface area (Å²) in [7, 11) is 0. The van der Waals surface area contributed by atoms with Crippen molar-refractivity contribution in [2.24, 2.45) is 0 Å². The smallest absolute Gasteiger partial charge is 0.256 e. The molecule has 2 aromatic carbocycles. The lowest BCUT2D eigenvalue weighted by Gasteiger charge is -2.11. The number of rotatable bonds is 6. The molecule has 0 aliphatic carbocycles. The molecule has 0 fully saturated rings. The van der Waals surface area contributed by atoms with Gasteiger partial charge < -0.3 is 5.32 Å². The van der Waals surface area contributed by atoms with E-state index >= 15 is 0 Å². The van der Waals surface area contributed by atoms with E-state index in [1.165, 1.54) is 23.5 Å². The van der Waals surface area contributed by atoms with Crippen molar-refractivity contribution in [3.05, 3.63) is 92.8 Å². The first kappa shape index (κ1) is 21.2. The van der Waals surface area contributed by atoms with Crippen molar-refractivity contribution in [1.82, 2.24) is 20.1 Å². The normalized spacial score (nSPS) is 12.0. The zero-order valence-electron chi connectivity index (χ0n) is 17.0. The van der Waals surface area contributed by atoms with Crippen LogP contribution in [-0.4, -0.2) is 20.7 Å². The highest BCUT2D eigenvalue weighted by molar-refractivity contribution is 7.10. The minimum absolute atomic E-state index is 0.246. The maximum absolute atomic E-state index is 13.1. The van der Waals surface area contributed by atoms with Crippen LogP contribution in [0.15, 0.2) is 60.0 Å². The minimum Gasteiger partial charge on any atom is -0.343 e. The molecule has 0 radical (unpaired) electrons. The number of thiazole rings is 1. The van der Waals surface area contributed by atoms with E-state index in [9.17, 15) is 9.18 Å². The van der Waals surface area contributed by atoms with Crippen LogP contribution in [0.5, 0.6) is 0 Å². The molecule has 1 unspecified atom stereocenters. The third kappa shape index (κ3) is 4.68. The Kier molecular flexibility index (Phi) is 6.15. The van der Waals surface area contributed by atoms with Crippen LogP contribution in [0, 0.1) is 12.7 Å². The van der Waals surface area contributed by atoms with E-state index < -0.39 is 0 Å². The summed E-state index contributed by atoms with van der Waals surface area (Å²) in [6.07, 6.45) is 0. The second kappa shape index (κ2) is 8.99. The molecule has 31 heavy (non-hydrogen) atoms. The molecule has 158 valence electrons. The van der Waals surface area contributed by atoms with Gasteiger partial charge in [-0.1, -0.05) is 54.1 Å². The van der Waals surface area contributed by atoms with Crippen LogP contribution in [0.25, 0.3) is 11.3 Å². The Labute approximate surface area is 188 Å². The lowest BCUT2D eigenvalue weighted by atomic mass is 10.2. The Morgan fingerprint density at radius 1 is 1.19 bits per heavy atom. The fourth-order valence-electron chi connectivity index (χ4n) is 3.24. The van der Waals surface area contributed by atoms with Crippen LogP contribution in [0.2, 0.25) is 5.15 Å². The Morgan fingerprint density at radius 2 is 1.90 bits per heavy atom. The van der Waals surface area contributed by atoms with Gasteiger partial charge in [0.2, 0.25) is 0 Å². The second-order valence-electron chi connectivity index (χ2n) is 7.17. The monoisotopic (exact) mass is 454 g/mol. The maximum Gasteiger partial charge on any atom is 0.256 e. The fraction of sp³-hybridized carbons (Fsp3) is 0.174. The molecule has 0 aliphatic rings. The number of nitrogens with zero attached hydrogens (tertiary/aromatic N) is 3. The van der Waals surface area contributed by atoms with Gasteiger partial charge in [-0.2, -0.15) is 5.10 Å². The lowest BCUT2D eigenvalue weighted by molar-refractivity contribution is 0.0939. The van der Waals surface area contributed by atoms with Crippen molar-refractivity contribution >= 4 is 28.8 Å². The van der Waals surface area contributed by atoms with Crippen molar-refractivity contribution in [3.8, 4) is 11.3 Å². The summed E-state index contributed by atoms with van der Waals surface area (Å²) in [6.45, 7) is 3.97. The number of hydrogen-bond donors (Lipinski definition) is 1. The third-order valence-corrected chi connectivity index (χ3v) is 6.26. The highest BCUT2D eigenvalue weighted by Crippen LogP contribution is 2.27. The Bertz CT molecular complexity index is 1200.